The number of amides is 3. The molecule has 1 aromatic carbocycles. The highest BCUT2D eigenvalue weighted by Gasteiger charge is 2.22. The van der Waals surface area contributed by atoms with Gasteiger partial charge in [0.05, 0.1) is 23.4 Å². The van der Waals surface area contributed by atoms with Crippen molar-refractivity contribution in [2.45, 2.75) is 6.92 Å². The number of halogens is 3. The minimum absolute atomic E-state index is 0.0244. The van der Waals surface area contributed by atoms with Gasteiger partial charge in [0.2, 0.25) is 0 Å². The molecule has 2 aromatic heterocycles. The smallest absolute Gasteiger partial charge is 0.425 e. The molecule has 13 heteroatoms. The van der Waals surface area contributed by atoms with Crippen LogP contribution in [0, 0.1) is 10.6 Å². The number of aromatic nitrogens is 3. The fourth-order valence-electron chi connectivity index (χ4n) is 2.70. The largest absolute Gasteiger partial charge is 0.452 e. The number of aryl methyl sites for hydroxylation is 1. The van der Waals surface area contributed by atoms with Crippen molar-refractivity contribution in [3.63, 3.8) is 0 Å². The van der Waals surface area contributed by atoms with Crippen LogP contribution in [0.25, 0.3) is 5.82 Å². The van der Waals surface area contributed by atoms with Crippen LogP contribution in [0.4, 0.5) is 10.5 Å². The number of rotatable bonds is 4. The number of hydrogen-bond donors (Lipinski definition) is 3. The van der Waals surface area contributed by atoms with Crippen LogP contribution < -0.4 is 16.2 Å². The molecule has 0 unspecified atom stereocenters. The minimum Gasteiger partial charge on any atom is -0.452 e. The molecule has 0 aliphatic carbocycles. The third kappa shape index (κ3) is 5.29. The van der Waals surface area contributed by atoms with Crippen molar-refractivity contribution in [1.82, 2.24) is 25.6 Å². The number of ether oxygens (including phenoxy) is 1. The summed E-state index contributed by atoms with van der Waals surface area (Å²) in [6.07, 6.45) is 0.658. The van der Waals surface area contributed by atoms with Crippen LogP contribution in [0.5, 0.6) is 0 Å². The summed E-state index contributed by atoms with van der Waals surface area (Å²) in [5, 5.41) is 7.57. The first-order valence-electron chi connectivity index (χ1n) is 8.83. The molecule has 0 saturated carbocycles. The summed E-state index contributed by atoms with van der Waals surface area (Å²) in [5.74, 6) is -1.01. The first-order chi connectivity index (χ1) is 15.2. The molecule has 0 fully saturated rings. The summed E-state index contributed by atoms with van der Waals surface area (Å²) < 4.78 is 6.25. The molecule has 166 valence electrons. The normalized spacial score (nSPS) is 10.4. The van der Waals surface area contributed by atoms with Gasteiger partial charge in [0.15, 0.2) is 5.82 Å². The van der Waals surface area contributed by atoms with Gasteiger partial charge in [-0.3, -0.25) is 15.0 Å². The van der Waals surface area contributed by atoms with E-state index in [1.807, 2.05) is 22.6 Å². The lowest BCUT2D eigenvalue weighted by Crippen LogP contribution is -2.41. The minimum atomic E-state index is -0.867. The van der Waals surface area contributed by atoms with Gasteiger partial charge in [-0.15, -0.1) is 0 Å². The van der Waals surface area contributed by atoms with E-state index in [-0.39, 0.29) is 27.8 Å². The standard InChI is InChI=1S/C19H15Cl2IN6O4/c1-9-6-10(20)7-11(17(29)25-26-19(31)32-2)15(9)24-18(30)13-8-14(22)27-28(13)16-12(21)4-3-5-23-16/h3-8H,1-2H3,(H,24,30)(H,25,29)(H,26,31). The van der Waals surface area contributed by atoms with Gasteiger partial charge in [-0.2, -0.15) is 5.10 Å². The number of carbonyl (C=O) groups is 3. The number of anilines is 1. The van der Waals surface area contributed by atoms with E-state index in [0.717, 1.165) is 7.11 Å². The van der Waals surface area contributed by atoms with E-state index in [1.165, 1.54) is 16.9 Å². The van der Waals surface area contributed by atoms with Crippen LogP contribution in [-0.2, 0) is 4.74 Å². The molecule has 3 rings (SSSR count). The molecule has 32 heavy (non-hydrogen) atoms. The zero-order valence-electron chi connectivity index (χ0n) is 16.6. The Morgan fingerprint density at radius 1 is 1.12 bits per heavy atom. The van der Waals surface area contributed by atoms with Crippen molar-refractivity contribution in [1.29, 1.82) is 0 Å². The fraction of sp³-hybridized carbons (Fsp3) is 0.105. The van der Waals surface area contributed by atoms with Crippen molar-refractivity contribution < 1.29 is 19.1 Å². The van der Waals surface area contributed by atoms with Gasteiger partial charge in [-0.1, -0.05) is 23.2 Å². The number of hydrogen-bond acceptors (Lipinski definition) is 6. The van der Waals surface area contributed by atoms with Gasteiger partial charge in [0.1, 0.15) is 9.39 Å². The van der Waals surface area contributed by atoms with E-state index in [4.69, 9.17) is 23.2 Å². The third-order valence-electron chi connectivity index (χ3n) is 4.10. The van der Waals surface area contributed by atoms with E-state index >= 15 is 0 Å². The maximum Gasteiger partial charge on any atom is 0.425 e. The van der Waals surface area contributed by atoms with Gasteiger partial charge in [0.25, 0.3) is 11.8 Å². The van der Waals surface area contributed by atoms with Crippen LogP contribution in [0.15, 0.2) is 36.5 Å². The highest BCUT2D eigenvalue weighted by Crippen LogP contribution is 2.27. The van der Waals surface area contributed by atoms with Crippen molar-refractivity contribution in [3.05, 3.63) is 67.1 Å². The van der Waals surface area contributed by atoms with Crippen molar-refractivity contribution in [2.24, 2.45) is 0 Å². The Balaban J connectivity index is 1.96. The Labute approximate surface area is 205 Å². The SMILES string of the molecule is COC(=O)NNC(=O)c1cc(Cl)cc(C)c1NC(=O)c1cc(I)nn1-c1ncccc1Cl. The Bertz CT molecular complexity index is 1220. The highest BCUT2D eigenvalue weighted by atomic mass is 127. The molecule has 0 atom stereocenters. The predicted molar refractivity (Wildman–Crippen MR) is 126 cm³/mol. The van der Waals surface area contributed by atoms with Crippen LogP contribution >= 0.6 is 45.8 Å². The zero-order valence-corrected chi connectivity index (χ0v) is 20.2. The molecule has 0 aliphatic heterocycles. The number of carbonyl (C=O) groups excluding carboxylic acids is 3. The summed E-state index contributed by atoms with van der Waals surface area (Å²) in [5.41, 5.74) is 5.13. The Morgan fingerprint density at radius 3 is 2.56 bits per heavy atom. The number of pyridine rings is 1. The summed E-state index contributed by atoms with van der Waals surface area (Å²) in [4.78, 5) is 41.2. The third-order valence-corrected chi connectivity index (χ3v) is 5.14. The van der Waals surface area contributed by atoms with Crippen LogP contribution in [0.1, 0.15) is 26.4 Å². The van der Waals surface area contributed by atoms with Crippen molar-refractivity contribution >= 4 is 69.4 Å². The van der Waals surface area contributed by atoms with Crippen molar-refractivity contribution in [2.75, 3.05) is 12.4 Å². The molecular formula is C19H15Cl2IN6O4. The van der Waals surface area contributed by atoms with E-state index in [2.05, 4.69) is 31.0 Å². The summed E-state index contributed by atoms with van der Waals surface area (Å²) in [6.45, 7) is 1.67. The number of hydrazine groups is 1. The predicted octanol–water partition coefficient (Wildman–Crippen LogP) is 3.74. The Morgan fingerprint density at radius 2 is 1.88 bits per heavy atom. The molecule has 0 aliphatic rings. The average Bonchev–Trinajstić information content (AvgIpc) is 3.15. The van der Waals surface area contributed by atoms with Gasteiger partial charge in [0, 0.05) is 17.3 Å². The summed E-state index contributed by atoms with van der Waals surface area (Å²) >= 11 is 14.3. The topological polar surface area (TPSA) is 127 Å². The van der Waals surface area contributed by atoms with Gasteiger partial charge < -0.3 is 10.1 Å². The maximum atomic E-state index is 13.2. The van der Waals surface area contributed by atoms with Gasteiger partial charge >= 0.3 is 6.09 Å². The lowest BCUT2D eigenvalue weighted by Gasteiger charge is -2.15. The zero-order chi connectivity index (χ0) is 23.4. The fourth-order valence-corrected chi connectivity index (χ4v) is 3.69. The van der Waals surface area contributed by atoms with Gasteiger partial charge in [-0.25, -0.2) is 19.9 Å². The number of benzene rings is 1. The molecule has 3 aromatic rings. The summed E-state index contributed by atoms with van der Waals surface area (Å²) in [6, 6.07) is 7.77. The summed E-state index contributed by atoms with van der Waals surface area (Å²) in [7, 11) is 1.15. The Hall–Kier alpha value is -2.90. The lowest BCUT2D eigenvalue weighted by molar-refractivity contribution is 0.0921. The number of nitrogens with zero attached hydrogens (tertiary/aromatic N) is 3. The van der Waals surface area contributed by atoms with E-state index in [9.17, 15) is 14.4 Å². The second-order valence-electron chi connectivity index (χ2n) is 6.24. The molecule has 0 bridgehead atoms. The average molecular weight is 589 g/mol. The molecule has 0 saturated heterocycles. The van der Waals surface area contributed by atoms with Crippen LogP contribution in [0.2, 0.25) is 10.0 Å². The second-order valence-corrected chi connectivity index (χ2v) is 8.19. The molecule has 0 spiro atoms. The lowest BCUT2D eigenvalue weighted by atomic mass is 10.1. The monoisotopic (exact) mass is 588 g/mol. The van der Waals surface area contributed by atoms with Crippen LogP contribution in [0.3, 0.4) is 0 Å². The number of methoxy groups -OCH3 is 1. The van der Waals surface area contributed by atoms with E-state index in [1.54, 1.807) is 31.2 Å². The van der Waals surface area contributed by atoms with Gasteiger partial charge in [-0.05, 0) is 59.3 Å². The first-order valence-corrected chi connectivity index (χ1v) is 10.7. The molecule has 2 heterocycles. The van der Waals surface area contributed by atoms with E-state index in [0.29, 0.717) is 14.3 Å². The second kappa shape index (κ2) is 10.1. The van der Waals surface area contributed by atoms with Crippen LogP contribution in [-0.4, -0.2) is 39.8 Å². The Kier molecular flexibility index (Phi) is 7.53. The molecular weight excluding hydrogens is 574 g/mol. The van der Waals surface area contributed by atoms with Crippen molar-refractivity contribution in [3.8, 4) is 5.82 Å². The first kappa shape index (κ1) is 23.8. The molecule has 10 nitrogen and oxygen atoms in total. The van der Waals surface area contributed by atoms with E-state index < -0.39 is 17.9 Å². The molecule has 3 amide bonds. The molecule has 3 N–H and O–H groups in total. The quantitative estimate of drug-likeness (QED) is 0.315. The number of nitrogens with one attached hydrogen (secondary N) is 3. The maximum absolute atomic E-state index is 13.2. The molecule has 0 radical (unpaired) electrons. The highest BCUT2D eigenvalue weighted by molar-refractivity contribution is 14.1.